The van der Waals surface area contributed by atoms with Crippen LogP contribution >= 0.6 is 0 Å². The van der Waals surface area contributed by atoms with Gasteiger partial charge in [0.1, 0.15) is 0 Å². The number of nitrogens with zero attached hydrogens (tertiary/aromatic N) is 1. The van der Waals surface area contributed by atoms with E-state index in [0.717, 1.165) is 22.4 Å². The van der Waals surface area contributed by atoms with Gasteiger partial charge in [0.25, 0.3) is 0 Å². The van der Waals surface area contributed by atoms with Crippen LogP contribution in [-0.2, 0) is 4.79 Å². The number of aromatic nitrogens is 1. The molecule has 2 rings (SSSR count). The Hall–Kier alpha value is -2.42. The molecule has 1 aromatic heterocycles. The van der Waals surface area contributed by atoms with Crippen molar-refractivity contribution in [2.24, 2.45) is 0 Å². The number of pyridine rings is 1. The molecule has 3 nitrogen and oxygen atoms in total. The molecule has 3 heteroatoms. The van der Waals surface area contributed by atoms with Gasteiger partial charge in [-0.2, -0.15) is 0 Å². The summed E-state index contributed by atoms with van der Waals surface area (Å²) in [5.41, 5.74) is 3.98. The average molecular weight is 252 g/mol. The van der Waals surface area contributed by atoms with E-state index in [1.54, 1.807) is 18.5 Å². The zero-order valence-corrected chi connectivity index (χ0v) is 11.1. The molecule has 0 spiro atoms. The maximum atomic E-state index is 11.8. The molecule has 2 aromatic rings. The maximum absolute atomic E-state index is 11.8. The first-order valence-electron chi connectivity index (χ1n) is 6.11. The first-order chi connectivity index (χ1) is 9.15. The molecule has 19 heavy (non-hydrogen) atoms. The van der Waals surface area contributed by atoms with Gasteiger partial charge in [0, 0.05) is 24.2 Å². The maximum Gasteiger partial charge on any atom is 0.248 e. The number of anilines is 1. The molecule has 0 fully saturated rings. The van der Waals surface area contributed by atoms with Gasteiger partial charge in [-0.25, -0.2) is 0 Å². The van der Waals surface area contributed by atoms with Crippen LogP contribution in [0.15, 0.2) is 48.8 Å². The van der Waals surface area contributed by atoms with Gasteiger partial charge < -0.3 is 5.32 Å². The molecular formula is C16H16N2O. The molecule has 1 amide bonds. The highest BCUT2D eigenvalue weighted by Crippen LogP contribution is 2.16. The Labute approximate surface area is 113 Å². The lowest BCUT2D eigenvalue weighted by molar-refractivity contribution is -0.111. The molecule has 0 aliphatic heterocycles. The SMILES string of the molecule is Cc1ccc(C)c(NC(=O)/C=C/c2ccncc2)c1. The van der Waals surface area contributed by atoms with Crippen LogP contribution in [0, 0.1) is 13.8 Å². The number of amides is 1. The first kappa shape index (κ1) is 13.0. The summed E-state index contributed by atoms with van der Waals surface area (Å²) in [6.45, 7) is 3.98. The smallest absolute Gasteiger partial charge is 0.248 e. The fourth-order valence-corrected chi connectivity index (χ4v) is 1.69. The number of benzene rings is 1. The van der Waals surface area contributed by atoms with Gasteiger partial charge in [-0.05, 0) is 54.8 Å². The van der Waals surface area contributed by atoms with Crippen LogP contribution in [0.3, 0.4) is 0 Å². The molecule has 0 aliphatic carbocycles. The second-order valence-corrected chi connectivity index (χ2v) is 4.42. The van der Waals surface area contributed by atoms with Gasteiger partial charge in [0.15, 0.2) is 0 Å². The topological polar surface area (TPSA) is 42.0 Å². The molecular weight excluding hydrogens is 236 g/mol. The van der Waals surface area contributed by atoms with E-state index in [1.807, 2.05) is 44.2 Å². The summed E-state index contributed by atoms with van der Waals surface area (Å²) in [4.78, 5) is 15.8. The van der Waals surface area contributed by atoms with E-state index in [-0.39, 0.29) is 5.91 Å². The minimum absolute atomic E-state index is 0.134. The molecule has 1 aromatic carbocycles. The van der Waals surface area contributed by atoms with Crippen molar-refractivity contribution in [3.05, 3.63) is 65.5 Å². The van der Waals surface area contributed by atoms with E-state index in [0.29, 0.717) is 0 Å². The molecule has 0 atom stereocenters. The van der Waals surface area contributed by atoms with E-state index in [2.05, 4.69) is 10.3 Å². The van der Waals surface area contributed by atoms with Gasteiger partial charge in [0.2, 0.25) is 5.91 Å². The number of nitrogens with one attached hydrogen (secondary N) is 1. The molecule has 0 unspecified atom stereocenters. The zero-order valence-electron chi connectivity index (χ0n) is 11.1. The number of carbonyl (C=O) groups is 1. The van der Waals surface area contributed by atoms with E-state index < -0.39 is 0 Å². The third kappa shape index (κ3) is 3.78. The summed E-state index contributed by atoms with van der Waals surface area (Å²) >= 11 is 0. The number of aryl methyl sites for hydroxylation is 2. The standard InChI is InChI=1S/C16H16N2O/c1-12-3-4-13(2)15(11-12)18-16(19)6-5-14-7-9-17-10-8-14/h3-11H,1-2H3,(H,18,19)/b6-5+. The Morgan fingerprint density at radius 1 is 1.16 bits per heavy atom. The molecule has 96 valence electrons. The van der Waals surface area contributed by atoms with Crippen molar-refractivity contribution < 1.29 is 4.79 Å². The van der Waals surface area contributed by atoms with Crippen molar-refractivity contribution in [1.82, 2.24) is 4.98 Å². The van der Waals surface area contributed by atoms with Gasteiger partial charge in [-0.3, -0.25) is 9.78 Å². The fourth-order valence-electron chi connectivity index (χ4n) is 1.69. The van der Waals surface area contributed by atoms with Crippen molar-refractivity contribution in [3.8, 4) is 0 Å². The van der Waals surface area contributed by atoms with Crippen LogP contribution in [0.2, 0.25) is 0 Å². The lowest BCUT2D eigenvalue weighted by Gasteiger charge is -2.07. The summed E-state index contributed by atoms with van der Waals surface area (Å²) in [5.74, 6) is -0.134. The van der Waals surface area contributed by atoms with Gasteiger partial charge in [-0.1, -0.05) is 12.1 Å². The quantitative estimate of drug-likeness (QED) is 0.851. The summed E-state index contributed by atoms with van der Waals surface area (Å²) < 4.78 is 0. The summed E-state index contributed by atoms with van der Waals surface area (Å²) in [5, 5.41) is 2.88. The van der Waals surface area contributed by atoms with Crippen molar-refractivity contribution in [3.63, 3.8) is 0 Å². The van der Waals surface area contributed by atoms with Gasteiger partial charge >= 0.3 is 0 Å². The normalized spacial score (nSPS) is 10.6. The van der Waals surface area contributed by atoms with Gasteiger partial charge in [-0.15, -0.1) is 0 Å². The summed E-state index contributed by atoms with van der Waals surface area (Å²) in [6, 6.07) is 9.69. The van der Waals surface area contributed by atoms with Crippen molar-refractivity contribution in [2.75, 3.05) is 5.32 Å². The highest BCUT2D eigenvalue weighted by molar-refractivity contribution is 6.02. The first-order valence-corrected chi connectivity index (χ1v) is 6.11. The third-order valence-electron chi connectivity index (χ3n) is 2.78. The van der Waals surface area contributed by atoms with Crippen LogP contribution in [0.4, 0.5) is 5.69 Å². The second-order valence-electron chi connectivity index (χ2n) is 4.42. The van der Waals surface area contributed by atoms with Crippen LogP contribution in [0.5, 0.6) is 0 Å². The molecule has 0 aliphatic rings. The third-order valence-corrected chi connectivity index (χ3v) is 2.78. The van der Waals surface area contributed by atoms with Crippen molar-refractivity contribution >= 4 is 17.7 Å². The van der Waals surface area contributed by atoms with E-state index in [4.69, 9.17) is 0 Å². The average Bonchev–Trinajstić information content (AvgIpc) is 2.42. The van der Waals surface area contributed by atoms with Gasteiger partial charge in [0.05, 0.1) is 0 Å². The van der Waals surface area contributed by atoms with Crippen molar-refractivity contribution in [1.29, 1.82) is 0 Å². The fraction of sp³-hybridized carbons (Fsp3) is 0.125. The monoisotopic (exact) mass is 252 g/mol. The molecule has 1 N–H and O–H groups in total. The highest BCUT2D eigenvalue weighted by atomic mass is 16.1. The van der Waals surface area contributed by atoms with E-state index >= 15 is 0 Å². The second kappa shape index (κ2) is 5.96. The number of carbonyl (C=O) groups excluding carboxylic acids is 1. The van der Waals surface area contributed by atoms with Crippen molar-refractivity contribution in [2.45, 2.75) is 13.8 Å². The molecule has 0 saturated carbocycles. The highest BCUT2D eigenvalue weighted by Gasteiger charge is 2.01. The lowest BCUT2D eigenvalue weighted by atomic mass is 10.1. The van der Waals surface area contributed by atoms with E-state index in [1.165, 1.54) is 6.08 Å². The zero-order chi connectivity index (χ0) is 13.7. The van der Waals surface area contributed by atoms with Crippen LogP contribution in [0.1, 0.15) is 16.7 Å². The molecule has 0 radical (unpaired) electrons. The molecule has 0 bridgehead atoms. The number of rotatable bonds is 3. The summed E-state index contributed by atoms with van der Waals surface area (Å²) in [7, 11) is 0. The lowest BCUT2D eigenvalue weighted by Crippen LogP contribution is -2.09. The Bertz CT molecular complexity index is 603. The number of hydrogen-bond acceptors (Lipinski definition) is 2. The van der Waals surface area contributed by atoms with Crippen LogP contribution in [0.25, 0.3) is 6.08 Å². The van der Waals surface area contributed by atoms with Crippen LogP contribution in [-0.4, -0.2) is 10.9 Å². The minimum Gasteiger partial charge on any atom is -0.322 e. The predicted octanol–water partition coefficient (Wildman–Crippen LogP) is 3.35. The Morgan fingerprint density at radius 2 is 1.89 bits per heavy atom. The minimum atomic E-state index is -0.134. The Kier molecular flexibility index (Phi) is 4.08. The predicted molar refractivity (Wildman–Crippen MR) is 77.8 cm³/mol. The van der Waals surface area contributed by atoms with E-state index in [9.17, 15) is 4.79 Å². The molecule has 0 saturated heterocycles. The molecule has 1 heterocycles. The largest absolute Gasteiger partial charge is 0.322 e. The number of hydrogen-bond donors (Lipinski definition) is 1. The Morgan fingerprint density at radius 3 is 2.63 bits per heavy atom. The van der Waals surface area contributed by atoms with Crippen LogP contribution < -0.4 is 5.32 Å². The Balaban J connectivity index is 2.06. The summed E-state index contributed by atoms with van der Waals surface area (Å²) in [6.07, 6.45) is 6.68.